The van der Waals surface area contributed by atoms with Crippen LogP contribution in [-0.4, -0.2) is 33.6 Å². The summed E-state index contributed by atoms with van der Waals surface area (Å²) in [6.45, 7) is 6.08. The van der Waals surface area contributed by atoms with Gasteiger partial charge >= 0.3 is 0 Å². The minimum absolute atomic E-state index is 0.0354. The number of carbonyl (C=O) groups excluding carboxylic acids is 1. The van der Waals surface area contributed by atoms with Crippen molar-refractivity contribution in [3.8, 4) is 0 Å². The van der Waals surface area contributed by atoms with Crippen molar-refractivity contribution in [2.75, 3.05) is 6.61 Å². The monoisotopic (exact) mass is 321 g/mol. The molecule has 0 bridgehead atoms. The Labute approximate surface area is 139 Å². The third kappa shape index (κ3) is 4.80. The zero-order valence-corrected chi connectivity index (χ0v) is 14.6. The number of aromatic amines is 1. The van der Waals surface area contributed by atoms with Crippen LogP contribution in [0.15, 0.2) is 12.4 Å². The molecule has 1 amide bonds. The molecule has 5 nitrogen and oxygen atoms in total. The van der Waals surface area contributed by atoms with E-state index in [-0.39, 0.29) is 24.0 Å². The second kappa shape index (κ2) is 7.95. The number of nitrogens with zero attached hydrogens (tertiary/aromatic N) is 1. The number of hydrogen-bond acceptors (Lipinski definition) is 3. The van der Waals surface area contributed by atoms with Crippen molar-refractivity contribution in [2.45, 2.75) is 71.3 Å². The summed E-state index contributed by atoms with van der Waals surface area (Å²) < 4.78 is 0. The molecule has 3 N–H and O–H groups in total. The fourth-order valence-electron chi connectivity index (χ4n) is 3.90. The molecular weight excluding hydrogens is 290 g/mol. The van der Waals surface area contributed by atoms with Gasteiger partial charge in [0.15, 0.2) is 0 Å². The summed E-state index contributed by atoms with van der Waals surface area (Å²) >= 11 is 0. The lowest BCUT2D eigenvalue weighted by molar-refractivity contribution is -0.119. The van der Waals surface area contributed by atoms with Crippen LogP contribution in [0.5, 0.6) is 0 Å². The number of rotatable bonds is 8. The fraction of sp³-hybridized carbons (Fsp3) is 0.778. The minimum Gasteiger partial charge on any atom is -0.396 e. The summed E-state index contributed by atoms with van der Waals surface area (Å²) in [5.74, 6) is 2.01. The van der Waals surface area contributed by atoms with E-state index in [0.29, 0.717) is 11.8 Å². The van der Waals surface area contributed by atoms with Gasteiger partial charge in [0, 0.05) is 37.9 Å². The Morgan fingerprint density at radius 2 is 2.35 bits per heavy atom. The van der Waals surface area contributed by atoms with Gasteiger partial charge in [-0.3, -0.25) is 4.79 Å². The molecule has 5 heteroatoms. The van der Waals surface area contributed by atoms with Crippen LogP contribution in [0.2, 0.25) is 0 Å². The smallest absolute Gasteiger partial charge is 0.217 e. The highest BCUT2D eigenvalue weighted by Crippen LogP contribution is 2.48. The maximum Gasteiger partial charge on any atom is 0.217 e. The highest BCUT2D eigenvalue weighted by atomic mass is 16.3. The molecule has 4 atom stereocenters. The molecule has 0 radical (unpaired) electrons. The third-order valence-corrected chi connectivity index (χ3v) is 5.60. The zero-order valence-electron chi connectivity index (χ0n) is 14.6. The van der Waals surface area contributed by atoms with Crippen molar-refractivity contribution in [2.24, 2.45) is 11.3 Å². The maximum absolute atomic E-state index is 11.1. The number of aromatic nitrogens is 2. The Balaban J connectivity index is 1.80. The van der Waals surface area contributed by atoms with Crippen molar-refractivity contribution in [3.63, 3.8) is 0 Å². The predicted octanol–water partition coefficient (Wildman–Crippen LogP) is 2.99. The fourth-order valence-corrected chi connectivity index (χ4v) is 3.90. The molecule has 0 aromatic carbocycles. The summed E-state index contributed by atoms with van der Waals surface area (Å²) in [5, 5.41) is 12.9. The average molecular weight is 321 g/mol. The summed E-state index contributed by atoms with van der Waals surface area (Å²) in [7, 11) is 0. The molecule has 1 aliphatic carbocycles. The lowest BCUT2D eigenvalue weighted by Gasteiger charge is -2.28. The van der Waals surface area contributed by atoms with E-state index < -0.39 is 0 Å². The number of aliphatic hydroxyl groups excluding tert-OH is 1. The van der Waals surface area contributed by atoms with Crippen LogP contribution in [0.25, 0.3) is 0 Å². The Kier molecular flexibility index (Phi) is 6.22. The van der Waals surface area contributed by atoms with Crippen molar-refractivity contribution >= 4 is 5.91 Å². The first-order valence-corrected chi connectivity index (χ1v) is 8.83. The van der Waals surface area contributed by atoms with Crippen LogP contribution >= 0.6 is 0 Å². The average Bonchev–Trinajstić information content (AvgIpc) is 3.16. The van der Waals surface area contributed by atoms with E-state index in [9.17, 15) is 9.90 Å². The van der Waals surface area contributed by atoms with Crippen LogP contribution < -0.4 is 5.32 Å². The normalized spacial score (nSPS) is 26.9. The van der Waals surface area contributed by atoms with E-state index in [2.05, 4.69) is 29.1 Å². The standard InChI is InChI=1S/C18H31N3O2/c1-13(14(2)21-15(3)23)5-4-7-18(12-22)8-6-16(11-18)17-19-9-10-20-17/h9-10,13-14,16,22H,4-8,11-12H2,1-3H3,(H,19,20)(H,21,23). The summed E-state index contributed by atoms with van der Waals surface area (Å²) in [5.41, 5.74) is 0.0500. The van der Waals surface area contributed by atoms with Crippen molar-refractivity contribution < 1.29 is 9.90 Å². The van der Waals surface area contributed by atoms with E-state index in [0.717, 1.165) is 44.3 Å². The first-order valence-electron chi connectivity index (χ1n) is 8.83. The summed E-state index contributed by atoms with van der Waals surface area (Å²) in [6, 6.07) is 0.206. The number of imidazole rings is 1. The third-order valence-electron chi connectivity index (χ3n) is 5.60. The SMILES string of the molecule is CC(=O)NC(C)C(C)CCCC1(CO)CCC(c2ncc[nH]2)C1. The second-order valence-corrected chi connectivity index (χ2v) is 7.43. The zero-order chi connectivity index (χ0) is 16.9. The quantitative estimate of drug-likeness (QED) is 0.689. The van der Waals surface area contributed by atoms with Crippen LogP contribution in [0, 0.1) is 11.3 Å². The Morgan fingerprint density at radius 1 is 1.57 bits per heavy atom. The lowest BCUT2D eigenvalue weighted by Crippen LogP contribution is -2.35. The predicted molar refractivity (Wildman–Crippen MR) is 91.0 cm³/mol. The van der Waals surface area contributed by atoms with Gasteiger partial charge in [-0.1, -0.05) is 13.3 Å². The molecule has 130 valence electrons. The minimum atomic E-state index is 0.0354. The molecule has 1 aromatic heterocycles. The van der Waals surface area contributed by atoms with Crippen LogP contribution in [0.4, 0.5) is 0 Å². The molecule has 4 unspecified atom stereocenters. The number of H-pyrrole nitrogens is 1. The van der Waals surface area contributed by atoms with Gasteiger partial charge in [-0.2, -0.15) is 0 Å². The molecule has 1 aromatic rings. The molecular formula is C18H31N3O2. The van der Waals surface area contributed by atoms with Crippen LogP contribution in [0.3, 0.4) is 0 Å². The van der Waals surface area contributed by atoms with E-state index >= 15 is 0 Å². The van der Waals surface area contributed by atoms with Gasteiger partial charge in [-0.15, -0.1) is 0 Å². The molecule has 1 aliphatic rings. The first kappa shape index (κ1) is 18.0. The molecule has 0 spiro atoms. The number of aliphatic hydroxyl groups is 1. The number of amides is 1. The van der Waals surface area contributed by atoms with Crippen molar-refractivity contribution in [3.05, 3.63) is 18.2 Å². The van der Waals surface area contributed by atoms with Gasteiger partial charge in [-0.25, -0.2) is 4.98 Å². The van der Waals surface area contributed by atoms with E-state index in [1.54, 1.807) is 13.1 Å². The van der Waals surface area contributed by atoms with Gasteiger partial charge in [0.1, 0.15) is 5.82 Å². The topological polar surface area (TPSA) is 78.0 Å². The molecule has 0 saturated heterocycles. The van der Waals surface area contributed by atoms with E-state index in [1.165, 1.54) is 0 Å². The second-order valence-electron chi connectivity index (χ2n) is 7.43. The van der Waals surface area contributed by atoms with Gasteiger partial charge in [0.2, 0.25) is 5.91 Å². The van der Waals surface area contributed by atoms with Crippen LogP contribution in [-0.2, 0) is 4.79 Å². The Morgan fingerprint density at radius 3 is 2.96 bits per heavy atom. The largest absolute Gasteiger partial charge is 0.396 e. The molecule has 1 saturated carbocycles. The Bertz CT molecular complexity index is 488. The number of carbonyl (C=O) groups is 1. The molecule has 1 heterocycles. The molecule has 2 rings (SSSR count). The van der Waals surface area contributed by atoms with Crippen molar-refractivity contribution in [1.29, 1.82) is 0 Å². The van der Waals surface area contributed by atoms with Crippen molar-refractivity contribution in [1.82, 2.24) is 15.3 Å². The van der Waals surface area contributed by atoms with E-state index in [1.807, 2.05) is 6.20 Å². The number of nitrogens with one attached hydrogen (secondary N) is 2. The molecule has 1 fully saturated rings. The van der Waals surface area contributed by atoms with Crippen LogP contribution in [0.1, 0.15) is 71.0 Å². The Hall–Kier alpha value is -1.36. The lowest BCUT2D eigenvalue weighted by atomic mass is 9.80. The van der Waals surface area contributed by atoms with Gasteiger partial charge < -0.3 is 15.4 Å². The van der Waals surface area contributed by atoms with Gasteiger partial charge in [-0.05, 0) is 50.4 Å². The highest BCUT2D eigenvalue weighted by Gasteiger charge is 2.39. The summed E-state index contributed by atoms with van der Waals surface area (Å²) in [4.78, 5) is 18.7. The van der Waals surface area contributed by atoms with E-state index in [4.69, 9.17) is 0 Å². The summed E-state index contributed by atoms with van der Waals surface area (Å²) in [6.07, 6.45) is 10.1. The maximum atomic E-state index is 11.1. The molecule has 23 heavy (non-hydrogen) atoms. The first-order chi connectivity index (χ1) is 11.0. The molecule has 0 aliphatic heterocycles. The highest BCUT2D eigenvalue weighted by molar-refractivity contribution is 5.73. The number of hydrogen-bond donors (Lipinski definition) is 3. The van der Waals surface area contributed by atoms with Gasteiger partial charge in [0.25, 0.3) is 0 Å². The van der Waals surface area contributed by atoms with Gasteiger partial charge in [0.05, 0.1) is 0 Å².